The smallest absolute Gasteiger partial charge is 0.0104 e. The first kappa shape index (κ1) is 12.0. The first-order chi connectivity index (χ1) is 7.97. The summed E-state index contributed by atoms with van der Waals surface area (Å²) in [6.45, 7) is 9.45. The molecule has 3 fully saturated rings. The lowest BCUT2D eigenvalue weighted by atomic mass is 9.78. The van der Waals surface area contributed by atoms with Crippen molar-refractivity contribution < 1.29 is 0 Å². The van der Waals surface area contributed by atoms with Gasteiger partial charge in [0.2, 0.25) is 0 Å². The van der Waals surface area contributed by atoms with E-state index in [1.807, 2.05) is 0 Å². The van der Waals surface area contributed by atoms with Crippen molar-refractivity contribution in [2.75, 3.05) is 0 Å². The van der Waals surface area contributed by atoms with Crippen LogP contribution in [0.25, 0.3) is 0 Å². The van der Waals surface area contributed by atoms with E-state index in [-0.39, 0.29) is 0 Å². The lowest BCUT2D eigenvalue weighted by molar-refractivity contribution is 0.171. The monoisotopic (exact) mass is 235 g/mol. The highest BCUT2D eigenvalue weighted by molar-refractivity contribution is 5.06. The van der Waals surface area contributed by atoms with Gasteiger partial charge in [-0.2, -0.15) is 0 Å². The third-order valence-electron chi connectivity index (χ3n) is 6.19. The first-order valence-corrected chi connectivity index (χ1v) is 7.73. The van der Waals surface area contributed by atoms with Crippen LogP contribution in [0.15, 0.2) is 0 Å². The fraction of sp³-hybridized carbons (Fsp3) is 1.00. The summed E-state index contributed by atoms with van der Waals surface area (Å²) in [5, 5.41) is 3.96. The average molecular weight is 235 g/mol. The summed E-state index contributed by atoms with van der Waals surface area (Å²) >= 11 is 0. The van der Waals surface area contributed by atoms with Gasteiger partial charge < -0.3 is 5.32 Å². The topological polar surface area (TPSA) is 12.0 Å². The van der Waals surface area contributed by atoms with Crippen molar-refractivity contribution in [3.05, 3.63) is 0 Å². The molecule has 0 aromatic carbocycles. The molecule has 17 heavy (non-hydrogen) atoms. The Kier molecular flexibility index (Phi) is 2.81. The van der Waals surface area contributed by atoms with Gasteiger partial charge in [0.25, 0.3) is 0 Å². The van der Waals surface area contributed by atoms with Crippen LogP contribution in [-0.4, -0.2) is 12.1 Å². The van der Waals surface area contributed by atoms with E-state index in [2.05, 4.69) is 33.0 Å². The van der Waals surface area contributed by atoms with Gasteiger partial charge in [-0.1, -0.05) is 27.2 Å². The summed E-state index contributed by atoms with van der Waals surface area (Å²) in [5.74, 6) is 4.33. The molecule has 3 rings (SSSR count). The molecule has 0 saturated heterocycles. The van der Waals surface area contributed by atoms with Crippen LogP contribution in [0.1, 0.15) is 59.8 Å². The third-order valence-corrected chi connectivity index (χ3v) is 6.19. The molecule has 2 bridgehead atoms. The van der Waals surface area contributed by atoms with E-state index >= 15 is 0 Å². The van der Waals surface area contributed by atoms with Crippen LogP contribution in [0.5, 0.6) is 0 Å². The summed E-state index contributed by atoms with van der Waals surface area (Å²) in [5.41, 5.74) is 0.400. The van der Waals surface area contributed by atoms with Crippen molar-refractivity contribution in [3.63, 3.8) is 0 Å². The van der Waals surface area contributed by atoms with Gasteiger partial charge >= 0.3 is 0 Å². The van der Waals surface area contributed by atoms with Crippen LogP contribution in [0, 0.1) is 29.1 Å². The maximum atomic E-state index is 3.96. The van der Waals surface area contributed by atoms with Crippen LogP contribution < -0.4 is 5.32 Å². The number of nitrogens with one attached hydrogen (secondary N) is 1. The minimum Gasteiger partial charge on any atom is -0.311 e. The number of rotatable bonds is 2. The molecular formula is C16H29N. The Morgan fingerprint density at radius 2 is 1.71 bits per heavy atom. The predicted molar refractivity (Wildman–Crippen MR) is 72.9 cm³/mol. The Labute approximate surface area is 107 Å². The summed E-state index contributed by atoms with van der Waals surface area (Å²) in [6.07, 6.45) is 7.63. The van der Waals surface area contributed by atoms with Crippen LogP contribution >= 0.6 is 0 Å². The van der Waals surface area contributed by atoms with Crippen molar-refractivity contribution in [2.45, 2.75) is 71.9 Å². The van der Waals surface area contributed by atoms with Crippen molar-refractivity contribution in [2.24, 2.45) is 29.1 Å². The van der Waals surface area contributed by atoms with Gasteiger partial charge in [-0.15, -0.1) is 0 Å². The minimum absolute atomic E-state index is 0.400. The Morgan fingerprint density at radius 1 is 1.00 bits per heavy atom. The van der Waals surface area contributed by atoms with Gasteiger partial charge in [0.1, 0.15) is 0 Å². The SMILES string of the molecule is CC(NC1CC2CC1C1CCCC21)C(C)(C)C. The van der Waals surface area contributed by atoms with E-state index in [1.54, 1.807) is 12.8 Å². The second-order valence-corrected chi connectivity index (χ2v) is 8.01. The van der Waals surface area contributed by atoms with Crippen molar-refractivity contribution >= 4 is 0 Å². The zero-order chi connectivity index (χ0) is 12.2. The second-order valence-electron chi connectivity index (χ2n) is 8.01. The molecule has 0 heterocycles. The molecule has 0 amide bonds. The fourth-order valence-corrected chi connectivity index (χ4v) is 4.83. The number of hydrogen-bond acceptors (Lipinski definition) is 1. The molecule has 0 aromatic heterocycles. The summed E-state index contributed by atoms with van der Waals surface area (Å²) in [4.78, 5) is 0. The number of hydrogen-bond donors (Lipinski definition) is 1. The highest BCUT2D eigenvalue weighted by Gasteiger charge is 2.53. The zero-order valence-corrected chi connectivity index (χ0v) is 12.0. The normalized spacial score (nSPS) is 46.2. The van der Waals surface area contributed by atoms with Crippen LogP contribution in [0.4, 0.5) is 0 Å². The van der Waals surface area contributed by atoms with Gasteiger partial charge in [-0.25, -0.2) is 0 Å². The molecule has 1 heteroatoms. The van der Waals surface area contributed by atoms with Gasteiger partial charge in [-0.05, 0) is 61.7 Å². The van der Waals surface area contributed by atoms with Crippen molar-refractivity contribution in [3.8, 4) is 0 Å². The maximum Gasteiger partial charge on any atom is 0.0104 e. The van der Waals surface area contributed by atoms with E-state index in [0.29, 0.717) is 11.5 Å². The molecule has 98 valence electrons. The van der Waals surface area contributed by atoms with E-state index < -0.39 is 0 Å². The Bertz CT molecular complexity index is 290. The molecule has 3 aliphatic rings. The van der Waals surface area contributed by atoms with Crippen LogP contribution in [-0.2, 0) is 0 Å². The molecule has 3 aliphatic carbocycles. The molecule has 0 spiro atoms. The predicted octanol–water partition coefficient (Wildman–Crippen LogP) is 3.84. The summed E-state index contributed by atoms with van der Waals surface area (Å²) < 4.78 is 0. The maximum absolute atomic E-state index is 3.96. The lowest BCUT2D eigenvalue weighted by Gasteiger charge is -2.37. The van der Waals surface area contributed by atoms with E-state index in [4.69, 9.17) is 0 Å². The molecule has 1 N–H and O–H groups in total. The Hall–Kier alpha value is -0.0400. The average Bonchev–Trinajstić information content (AvgIpc) is 2.85. The molecule has 0 aliphatic heterocycles. The standard InChI is InChI=1S/C16H29N/c1-10(16(2,3)4)17-15-9-11-8-14(15)13-7-5-6-12(11)13/h10-15,17H,5-9H2,1-4H3. The van der Waals surface area contributed by atoms with Crippen LogP contribution in [0.3, 0.4) is 0 Å². The third kappa shape index (κ3) is 1.95. The van der Waals surface area contributed by atoms with E-state index in [0.717, 1.165) is 29.7 Å². The Morgan fingerprint density at radius 3 is 2.41 bits per heavy atom. The molecule has 6 unspecified atom stereocenters. The van der Waals surface area contributed by atoms with Crippen molar-refractivity contribution in [1.29, 1.82) is 0 Å². The van der Waals surface area contributed by atoms with E-state index in [1.165, 1.54) is 19.3 Å². The molecular weight excluding hydrogens is 206 g/mol. The molecule has 3 saturated carbocycles. The minimum atomic E-state index is 0.400. The highest BCUT2D eigenvalue weighted by Crippen LogP contribution is 2.58. The number of fused-ring (bicyclic) bond motifs is 5. The largest absolute Gasteiger partial charge is 0.311 e. The lowest BCUT2D eigenvalue weighted by Crippen LogP contribution is -2.48. The molecule has 6 atom stereocenters. The zero-order valence-electron chi connectivity index (χ0n) is 12.0. The highest BCUT2D eigenvalue weighted by atomic mass is 15.0. The molecule has 1 nitrogen and oxygen atoms in total. The van der Waals surface area contributed by atoms with Gasteiger partial charge in [0.15, 0.2) is 0 Å². The second kappa shape index (κ2) is 3.98. The first-order valence-electron chi connectivity index (χ1n) is 7.73. The van der Waals surface area contributed by atoms with Gasteiger partial charge in [-0.3, -0.25) is 0 Å². The van der Waals surface area contributed by atoms with Crippen LogP contribution in [0.2, 0.25) is 0 Å². The molecule has 0 radical (unpaired) electrons. The fourth-order valence-electron chi connectivity index (χ4n) is 4.83. The summed E-state index contributed by atoms with van der Waals surface area (Å²) in [7, 11) is 0. The Balaban J connectivity index is 1.64. The summed E-state index contributed by atoms with van der Waals surface area (Å²) in [6, 6.07) is 1.49. The van der Waals surface area contributed by atoms with E-state index in [9.17, 15) is 0 Å². The van der Waals surface area contributed by atoms with Crippen molar-refractivity contribution in [1.82, 2.24) is 5.32 Å². The molecule has 0 aromatic rings. The quantitative estimate of drug-likeness (QED) is 0.767. The van der Waals surface area contributed by atoms with Gasteiger partial charge in [0, 0.05) is 12.1 Å². The van der Waals surface area contributed by atoms with Gasteiger partial charge in [0.05, 0.1) is 0 Å².